The van der Waals surface area contributed by atoms with Gasteiger partial charge in [-0.15, -0.1) is 0 Å². The molecule has 1 atom stereocenters. The molecule has 0 fully saturated rings. The van der Waals surface area contributed by atoms with Gasteiger partial charge < -0.3 is 16.2 Å². The van der Waals surface area contributed by atoms with Crippen molar-refractivity contribution < 1.29 is 18.3 Å². The molecular formula is C12H18N2O4S2. The molecule has 0 unspecified atom stereocenters. The van der Waals surface area contributed by atoms with E-state index in [-0.39, 0.29) is 16.3 Å². The van der Waals surface area contributed by atoms with Crippen molar-refractivity contribution in [1.29, 1.82) is 0 Å². The van der Waals surface area contributed by atoms with Gasteiger partial charge in [0, 0.05) is 6.26 Å². The van der Waals surface area contributed by atoms with E-state index in [4.69, 9.17) is 5.73 Å². The van der Waals surface area contributed by atoms with E-state index in [2.05, 4.69) is 5.32 Å². The van der Waals surface area contributed by atoms with Gasteiger partial charge in [0.2, 0.25) is 5.91 Å². The summed E-state index contributed by atoms with van der Waals surface area (Å²) < 4.78 is 22.9. The van der Waals surface area contributed by atoms with Gasteiger partial charge in [0.25, 0.3) is 0 Å². The fourth-order valence-corrected chi connectivity index (χ4v) is 2.58. The average molecular weight is 318 g/mol. The van der Waals surface area contributed by atoms with Gasteiger partial charge in [-0.25, -0.2) is 8.42 Å². The van der Waals surface area contributed by atoms with Crippen molar-refractivity contribution in [2.24, 2.45) is 5.73 Å². The quantitative estimate of drug-likeness (QED) is 0.670. The fourth-order valence-electron chi connectivity index (χ4n) is 1.45. The summed E-state index contributed by atoms with van der Waals surface area (Å²) in [6, 6.07) is 3.00. The van der Waals surface area contributed by atoms with Crippen LogP contribution in [0.3, 0.4) is 0 Å². The molecule has 0 aliphatic rings. The minimum atomic E-state index is -3.41. The van der Waals surface area contributed by atoms with Crippen LogP contribution in [0.25, 0.3) is 0 Å². The second-order valence-electron chi connectivity index (χ2n) is 4.33. The van der Waals surface area contributed by atoms with Crippen LogP contribution in [-0.2, 0) is 14.6 Å². The molecule has 20 heavy (non-hydrogen) atoms. The molecule has 8 heteroatoms. The fraction of sp³-hybridized carbons (Fsp3) is 0.417. The lowest BCUT2D eigenvalue weighted by Crippen LogP contribution is -2.36. The highest BCUT2D eigenvalue weighted by Gasteiger charge is 2.16. The van der Waals surface area contributed by atoms with Crippen molar-refractivity contribution in [2.75, 3.05) is 23.6 Å². The van der Waals surface area contributed by atoms with Gasteiger partial charge >= 0.3 is 0 Å². The summed E-state index contributed by atoms with van der Waals surface area (Å²) in [5, 5.41) is 12.1. The van der Waals surface area contributed by atoms with Crippen LogP contribution in [0, 0.1) is 0 Å². The lowest BCUT2D eigenvalue weighted by molar-refractivity contribution is -0.117. The molecule has 1 aromatic carbocycles. The number of sulfone groups is 1. The topological polar surface area (TPSA) is 109 Å². The maximum atomic E-state index is 11.8. The molecule has 0 saturated heterocycles. The number of aromatic hydroxyl groups is 1. The second kappa shape index (κ2) is 6.96. The maximum Gasteiger partial charge on any atom is 0.241 e. The number of amides is 1. The third kappa shape index (κ3) is 4.69. The zero-order valence-corrected chi connectivity index (χ0v) is 12.9. The number of benzene rings is 1. The van der Waals surface area contributed by atoms with E-state index in [1.165, 1.54) is 18.2 Å². The van der Waals surface area contributed by atoms with E-state index in [1.54, 1.807) is 11.8 Å². The smallest absolute Gasteiger partial charge is 0.241 e. The highest BCUT2D eigenvalue weighted by atomic mass is 32.2. The van der Waals surface area contributed by atoms with Gasteiger partial charge in [-0.05, 0) is 36.6 Å². The molecule has 1 aromatic rings. The molecule has 1 rings (SSSR count). The van der Waals surface area contributed by atoms with Gasteiger partial charge in [-0.2, -0.15) is 11.8 Å². The van der Waals surface area contributed by atoms with Crippen molar-refractivity contribution >= 4 is 33.2 Å². The van der Waals surface area contributed by atoms with Gasteiger partial charge in [0.05, 0.1) is 16.6 Å². The van der Waals surface area contributed by atoms with Gasteiger partial charge in [0.1, 0.15) is 5.75 Å². The number of thioether (sulfide) groups is 1. The molecular weight excluding hydrogens is 300 g/mol. The van der Waals surface area contributed by atoms with E-state index in [0.717, 1.165) is 12.0 Å². The summed E-state index contributed by atoms with van der Waals surface area (Å²) in [7, 11) is -3.41. The number of nitrogens with one attached hydrogen (secondary N) is 1. The molecule has 0 aliphatic carbocycles. The van der Waals surface area contributed by atoms with Crippen molar-refractivity contribution in [2.45, 2.75) is 17.4 Å². The van der Waals surface area contributed by atoms with Crippen molar-refractivity contribution in [3.63, 3.8) is 0 Å². The molecule has 0 heterocycles. The lowest BCUT2D eigenvalue weighted by Gasteiger charge is -2.13. The number of carbonyl (C=O) groups is 1. The summed E-state index contributed by atoms with van der Waals surface area (Å²) in [4.78, 5) is 11.8. The van der Waals surface area contributed by atoms with E-state index >= 15 is 0 Å². The Bertz CT molecular complexity index is 587. The molecule has 0 aromatic heterocycles. The molecule has 0 saturated carbocycles. The Morgan fingerprint density at radius 3 is 2.70 bits per heavy atom. The van der Waals surface area contributed by atoms with Gasteiger partial charge in [-0.3, -0.25) is 4.79 Å². The Hall–Kier alpha value is -1.25. The zero-order valence-electron chi connectivity index (χ0n) is 11.3. The monoisotopic (exact) mass is 318 g/mol. The first-order valence-electron chi connectivity index (χ1n) is 5.84. The van der Waals surface area contributed by atoms with E-state index in [9.17, 15) is 18.3 Å². The lowest BCUT2D eigenvalue weighted by atomic mass is 10.2. The van der Waals surface area contributed by atoms with Crippen molar-refractivity contribution in [3.05, 3.63) is 18.2 Å². The standard InChI is InChI=1S/C12H18N2O4S2/c1-19-6-5-9(13)12(16)14-10-7-8(20(2,17)18)3-4-11(10)15/h3-4,7,9,15H,5-6,13H2,1-2H3,(H,14,16)/t9-/m0/s1. The number of rotatable bonds is 6. The van der Waals surface area contributed by atoms with Crippen LogP contribution >= 0.6 is 11.8 Å². The SMILES string of the molecule is CSCC[C@H](N)C(=O)Nc1cc(S(C)(=O)=O)ccc1O. The minimum Gasteiger partial charge on any atom is -0.506 e. The zero-order chi connectivity index (χ0) is 15.3. The molecule has 4 N–H and O–H groups in total. The van der Waals surface area contributed by atoms with Crippen LogP contribution in [0.2, 0.25) is 0 Å². The molecule has 112 valence electrons. The summed E-state index contributed by atoms with van der Waals surface area (Å²) in [5.41, 5.74) is 5.74. The van der Waals surface area contributed by atoms with E-state index < -0.39 is 21.8 Å². The summed E-state index contributed by atoms with van der Waals surface area (Å²) in [6.45, 7) is 0. The van der Waals surface area contributed by atoms with Gasteiger partial charge in [-0.1, -0.05) is 0 Å². The van der Waals surface area contributed by atoms with E-state index in [0.29, 0.717) is 6.42 Å². The normalized spacial score (nSPS) is 12.9. The first kappa shape index (κ1) is 16.8. The Balaban J connectivity index is 2.89. The molecule has 6 nitrogen and oxygen atoms in total. The number of phenolic OH excluding ortho intramolecular Hbond substituents is 1. The molecule has 0 aliphatic heterocycles. The Kier molecular flexibility index (Phi) is 5.85. The summed E-state index contributed by atoms with van der Waals surface area (Å²) in [6.07, 6.45) is 3.46. The third-order valence-corrected chi connectivity index (χ3v) is 4.38. The van der Waals surface area contributed by atoms with Crippen LogP contribution in [0.5, 0.6) is 5.75 Å². The average Bonchev–Trinajstić information content (AvgIpc) is 2.37. The highest BCUT2D eigenvalue weighted by molar-refractivity contribution is 7.98. The first-order chi connectivity index (χ1) is 9.25. The number of phenols is 1. The predicted octanol–water partition coefficient (Wildman–Crippen LogP) is 0.815. The summed E-state index contributed by atoms with van der Waals surface area (Å²) >= 11 is 1.57. The Morgan fingerprint density at radius 2 is 2.15 bits per heavy atom. The van der Waals surface area contributed by atoms with Crippen molar-refractivity contribution in [1.82, 2.24) is 0 Å². The van der Waals surface area contributed by atoms with Crippen LogP contribution in [-0.4, -0.2) is 43.7 Å². The van der Waals surface area contributed by atoms with Crippen molar-refractivity contribution in [3.8, 4) is 5.75 Å². The number of nitrogens with two attached hydrogens (primary N) is 1. The Morgan fingerprint density at radius 1 is 1.50 bits per heavy atom. The van der Waals surface area contributed by atoms with Crippen LogP contribution < -0.4 is 11.1 Å². The molecule has 0 radical (unpaired) electrons. The second-order valence-corrected chi connectivity index (χ2v) is 7.33. The Labute approximate surface area is 122 Å². The molecule has 1 amide bonds. The minimum absolute atomic E-state index is 0.0169. The van der Waals surface area contributed by atoms with Crippen LogP contribution in [0.15, 0.2) is 23.1 Å². The first-order valence-corrected chi connectivity index (χ1v) is 9.12. The summed E-state index contributed by atoms with van der Waals surface area (Å²) in [5.74, 6) is 0.0760. The number of hydrogen-bond acceptors (Lipinski definition) is 6. The van der Waals surface area contributed by atoms with Crippen LogP contribution in [0.1, 0.15) is 6.42 Å². The van der Waals surface area contributed by atoms with Crippen LogP contribution in [0.4, 0.5) is 5.69 Å². The molecule has 0 bridgehead atoms. The van der Waals surface area contributed by atoms with Gasteiger partial charge in [0.15, 0.2) is 9.84 Å². The number of anilines is 1. The van der Waals surface area contributed by atoms with E-state index in [1.807, 2.05) is 6.26 Å². The largest absolute Gasteiger partial charge is 0.506 e. The number of hydrogen-bond donors (Lipinski definition) is 3. The maximum absolute atomic E-state index is 11.8. The highest BCUT2D eigenvalue weighted by Crippen LogP contribution is 2.26. The third-order valence-electron chi connectivity index (χ3n) is 2.62. The molecule has 0 spiro atoms. The number of carbonyl (C=O) groups excluding carboxylic acids is 1. The predicted molar refractivity (Wildman–Crippen MR) is 80.8 cm³/mol.